The van der Waals surface area contributed by atoms with Gasteiger partial charge in [-0.3, -0.25) is 9.35 Å². The molecule has 1 atom stereocenters. The molecule has 0 saturated heterocycles. The van der Waals surface area contributed by atoms with Crippen LogP contribution in [0.1, 0.15) is 12.5 Å². The van der Waals surface area contributed by atoms with Gasteiger partial charge >= 0.3 is 0 Å². The van der Waals surface area contributed by atoms with Crippen LogP contribution in [0.5, 0.6) is 0 Å². The normalized spacial score (nSPS) is 11.8. The van der Waals surface area contributed by atoms with Crippen LogP contribution in [-0.4, -0.2) is 14.7 Å². The Morgan fingerprint density at radius 2 is 1.90 bits per heavy atom. The van der Waals surface area contributed by atoms with E-state index in [0.717, 1.165) is 5.56 Å². The summed E-state index contributed by atoms with van der Waals surface area (Å²) < 4.78 is 22.7. The van der Waals surface area contributed by atoms with E-state index in [-0.39, 0.29) is 5.91 Å². The zero-order chi connectivity index (χ0) is 15.4. The number of carbonyl (C=O) groups is 1. The number of rotatable bonds is 4. The van der Waals surface area contributed by atoms with Crippen LogP contribution in [0.25, 0.3) is 0 Å². The lowest BCUT2D eigenvalue weighted by molar-refractivity contribution is -0.114. The molecule has 110 valence electrons. The van der Waals surface area contributed by atoms with Crippen LogP contribution in [0.2, 0.25) is 0 Å². The summed E-state index contributed by atoms with van der Waals surface area (Å²) >= 11 is -2.22. The number of nitrogens with zero attached hydrogens (tertiary/aromatic N) is 1. The molecule has 1 unspecified atom stereocenters. The Bertz CT molecular complexity index is 688. The topological polar surface area (TPSA) is 69.6 Å². The number of aryl methyl sites for hydroxylation is 1. The smallest absolute Gasteiger partial charge is 0.266 e. The second kappa shape index (κ2) is 6.51. The highest BCUT2D eigenvalue weighted by Crippen LogP contribution is 2.30. The van der Waals surface area contributed by atoms with E-state index < -0.39 is 11.3 Å². The van der Waals surface area contributed by atoms with Gasteiger partial charge in [0.05, 0.1) is 11.4 Å². The van der Waals surface area contributed by atoms with Crippen molar-refractivity contribution in [2.24, 2.45) is 0 Å². The first-order valence-electron chi connectivity index (χ1n) is 6.33. The minimum absolute atomic E-state index is 0.195. The second-order valence-electron chi connectivity index (χ2n) is 4.54. The van der Waals surface area contributed by atoms with E-state index in [1.165, 1.54) is 11.2 Å². The van der Waals surface area contributed by atoms with E-state index in [4.69, 9.17) is 0 Å². The van der Waals surface area contributed by atoms with Crippen LogP contribution < -0.4 is 9.62 Å². The van der Waals surface area contributed by atoms with Crippen LogP contribution in [0, 0.1) is 6.92 Å². The van der Waals surface area contributed by atoms with Crippen molar-refractivity contribution in [3.05, 3.63) is 54.1 Å². The first kappa shape index (κ1) is 15.2. The molecule has 0 heterocycles. The number of para-hydroxylation sites is 1. The molecule has 0 spiro atoms. The summed E-state index contributed by atoms with van der Waals surface area (Å²) in [4.78, 5) is 11.1. The molecule has 0 saturated carbocycles. The maximum atomic E-state index is 11.7. The van der Waals surface area contributed by atoms with Crippen LogP contribution in [0.15, 0.2) is 48.5 Å². The summed E-state index contributed by atoms with van der Waals surface area (Å²) in [5, 5.41) is 2.66. The van der Waals surface area contributed by atoms with Crippen LogP contribution >= 0.6 is 0 Å². The van der Waals surface area contributed by atoms with Crippen LogP contribution in [0.3, 0.4) is 0 Å². The van der Waals surface area contributed by atoms with Crippen molar-refractivity contribution in [2.75, 3.05) is 9.62 Å². The summed E-state index contributed by atoms with van der Waals surface area (Å²) in [6, 6.07) is 14.1. The lowest BCUT2D eigenvalue weighted by Gasteiger charge is -2.22. The number of nitrogens with one attached hydrogen (secondary N) is 1. The molecule has 0 radical (unpaired) electrons. The largest absolute Gasteiger partial charge is 0.326 e. The first-order valence-corrected chi connectivity index (χ1v) is 7.40. The molecule has 0 bridgehead atoms. The summed E-state index contributed by atoms with van der Waals surface area (Å²) in [6.07, 6.45) is 0. The van der Waals surface area contributed by atoms with Gasteiger partial charge < -0.3 is 5.32 Å². The van der Waals surface area contributed by atoms with Gasteiger partial charge in [-0.2, -0.15) is 0 Å². The SMILES string of the molecule is CC(=O)Nc1cccc(N(c2ccccc2C)S(=O)O)c1. The van der Waals surface area contributed by atoms with Crippen molar-refractivity contribution in [1.82, 2.24) is 0 Å². The van der Waals surface area contributed by atoms with E-state index in [9.17, 15) is 13.6 Å². The fourth-order valence-corrected chi connectivity index (χ4v) is 2.68. The molecule has 6 heteroatoms. The van der Waals surface area contributed by atoms with E-state index >= 15 is 0 Å². The van der Waals surface area contributed by atoms with Crippen molar-refractivity contribution in [1.29, 1.82) is 0 Å². The van der Waals surface area contributed by atoms with Crippen molar-refractivity contribution < 1.29 is 13.6 Å². The third kappa shape index (κ3) is 3.68. The number of amides is 1. The highest BCUT2D eigenvalue weighted by molar-refractivity contribution is 7.81. The summed E-state index contributed by atoms with van der Waals surface area (Å²) in [7, 11) is 0. The summed E-state index contributed by atoms with van der Waals surface area (Å²) in [5.74, 6) is -0.195. The number of benzene rings is 2. The van der Waals surface area contributed by atoms with Gasteiger partial charge in [0.2, 0.25) is 5.91 Å². The molecule has 0 aromatic heterocycles. The molecule has 0 aliphatic carbocycles. The van der Waals surface area contributed by atoms with Gasteiger partial charge in [0.25, 0.3) is 11.3 Å². The fourth-order valence-electron chi connectivity index (χ4n) is 2.02. The van der Waals surface area contributed by atoms with E-state index in [0.29, 0.717) is 17.1 Å². The zero-order valence-corrected chi connectivity index (χ0v) is 12.6. The highest BCUT2D eigenvalue weighted by Gasteiger charge is 2.17. The molecule has 1 amide bonds. The Balaban J connectivity index is 2.47. The van der Waals surface area contributed by atoms with Crippen molar-refractivity contribution in [3.63, 3.8) is 0 Å². The van der Waals surface area contributed by atoms with E-state index in [2.05, 4.69) is 5.32 Å². The summed E-state index contributed by atoms with van der Waals surface area (Å²) in [5.41, 5.74) is 2.61. The van der Waals surface area contributed by atoms with Crippen LogP contribution in [0.4, 0.5) is 17.1 Å². The molecule has 2 aromatic rings. The predicted octanol–water partition coefficient (Wildman–Crippen LogP) is 3.23. The van der Waals surface area contributed by atoms with Crippen molar-refractivity contribution >= 4 is 34.2 Å². The van der Waals surface area contributed by atoms with Gasteiger partial charge in [-0.25, -0.2) is 8.51 Å². The van der Waals surface area contributed by atoms with E-state index in [1.807, 2.05) is 19.1 Å². The van der Waals surface area contributed by atoms with Crippen LogP contribution in [-0.2, 0) is 16.1 Å². The maximum absolute atomic E-state index is 11.7. The molecule has 0 aliphatic heterocycles. The van der Waals surface area contributed by atoms with Gasteiger partial charge in [0.1, 0.15) is 0 Å². The first-order chi connectivity index (χ1) is 9.99. The minimum atomic E-state index is -2.22. The van der Waals surface area contributed by atoms with Crippen molar-refractivity contribution in [3.8, 4) is 0 Å². The fraction of sp³-hybridized carbons (Fsp3) is 0.133. The Kier molecular flexibility index (Phi) is 4.72. The Hall–Kier alpha value is -2.18. The van der Waals surface area contributed by atoms with Gasteiger partial charge in [0, 0.05) is 12.6 Å². The molecular weight excluding hydrogens is 288 g/mol. The third-order valence-corrected chi connectivity index (χ3v) is 3.61. The monoisotopic (exact) mass is 304 g/mol. The number of carbonyl (C=O) groups excluding carboxylic acids is 1. The Labute approximate surface area is 126 Å². The predicted molar refractivity (Wildman–Crippen MR) is 84.8 cm³/mol. The summed E-state index contributed by atoms with van der Waals surface area (Å²) in [6.45, 7) is 3.28. The third-order valence-electron chi connectivity index (χ3n) is 2.89. The van der Waals surface area contributed by atoms with E-state index in [1.54, 1.807) is 36.4 Å². The lowest BCUT2D eigenvalue weighted by Crippen LogP contribution is -2.20. The molecule has 5 nitrogen and oxygen atoms in total. The molecule has 2 N–H and O–H groups in total. The maximum Gasteiger partial charge on any atom is 0.266 e. The molecule has 2 aromatic carbocycles. The highest BCUT2D eigenvalue weighted by atomic mass is 32.2. The average Bonchev–Trinajstić information content (AvgIpc) is 2.40. The van der Waals surface area contributed by atoms with Gasteiger partial charge in [0.15, 0.2) is 0 Å². The second-order valence-corrected chi connectivity index (χ2v) is 5.37. The average molecular weight is 304 g/mol. The number of hydrogen-bond acceptors (Lipinski definition) is 2. The number of hydrogen-bond donors (Lipinski definition) is 2. The Morgan fingerprint density at radius 1 is 1.19 bits per heavy atom. The van der Waals surface area contributed by atoms with Gasteiger partial charge in [-0.1, -0.05) is 24.3 Å². The lowest BCUT2D eigenvalue weighted by atomic mass is 10.2. The van der Waals surface area contributed by atoms with Gasteiger partial charge in [-0.05, 0) is 36.8 Å². The molecule has 0 fully saturated rings. The molecule has 21 heavy (non-hydrogen) atoms. The van der Waals surface area contributed by atoms with Crippen molar-refractivity contribution in [2.45, 2.75) is 13.8 Å². The Morgan fingerprint density at radius 3 is 2.52 bits per heavy atom. The number of anilines is 3. The zero-order valence-electron chi connectivity index (χ0n) is 11.7. The molecule has 2 rings (SSSR count). The molecule has 0 aliphatic rings. The standard InChI is InChI=1S/C15H16N2O3S/c1-11-6-3-4-9-15(11)17(21(19)20)14-8-5-7-13(10-14)16-12(2)18/h3-10H,1-2H3,(H,16,18)(H,19,20). The minimum Gasteiger partial charge on any atom is -0.326 e. The van der Waals surface area contributed by atoms with Gasteiger partial charge in [-0.15, -0.1) is 0 Å². The molecular formula is C15H16N2O3S. The quantitative estimate of drug-likeness (QED) is 0.852.